The standard InChI is InChI=1S/C83H162O17P2/c1-8-10-11-12-13-14-15-16-17-18-19-20-21-28-33-38-43-52-59-66-82(87)99-78(70-93-80(85)64-57-50-42-37-32-27-23-22-26-31-36-41-49-56-63-76(7)9-2)72-97-101(89,90)95-68-77(84)69-96-102(91,92)98-73-79(71-94-81(86)65-58-51-46-45-48-55-62-75(5)6)100-83(88)67-60-53-44-39-34-29-24-25-30-35-40-47-54-61-74(3)4/h74-79,84H,8-73H2,1-7H3,(H,89,90)(H,91,92)/t76?,77-,78-,79-/m1/s1. The van der Waals surface area contributed by atoms with E-state index in [9.17, 15) is 43.2 Å². The summed E-state index contributed by atoms with van der Waals surface area (Å²) in [7, 11) is -9.92. The molecular formula is C83H162O17P2. The second-order valence-corrected chi connectivity index (χ2v) is 34.0. The van der Waals surface area contributed by atoms with Crippen LogP contribution in [0.4, 0.5) is 0 Å². The van der Waals surface area contributed by atoms with E-state index in [1.165, 1.54) is 238 Å². The Balaban J connectivity index is 5.23. The molecule has 0 amide bonds. The van der Waals surface area contributed by atoms with Crippen molar-refractivity contribution in [3.63, 3.8) is 0 Å². The van der Waals surface area contributed by atoms with Gasteiger partial charge in [-0.2, -0.15) is 0 Å². The number of esters is 4. The summed E-state index contributed by atoms with van der Waals surface area (Å²) in [6.07, 6.45) is 62.6. The maximum atomic E-state index is 13.1. The summed E-state index contributed by atoms with van der Waals surface area (Å²) in [6, 6.07) is 0. The molecule has 0 fully saturated rings. The van der Waals surface area contributed by atoms with Gasteiger partial charge in [-0.05, 0) is 43.4 Å². The van der Waals surface area contributed by atoms with Crippen LogP contribution in [0.5, 0.6) is 0 Å². The van der Waals surface area contributed by atoms with Crippen molar-refractivity contribution in [2.75, 3.05) is 39.6 Å². The first-order valence-electron chi connectivity index (χ1n) is 42.9. The smallest absolute Gasteiger partial charge is 0.462 e. The molecule has 606 valence electrons. The summed E-state index contributed by atoms with van der Waals surface area (Å²) in [5.74, 6) is 0.206. The summed E-state index contributed by atoms with van der Waals surface area (Å²) >= 11 is 0. The number of carbonyl (C=O) groups is 4. The molecule has 0 radical (unpaired) electrons. The second kappa shape index (κ2) is 73.2. The van der Waals surface area contributed by atoms with Crippen LogP contribution in [0.25, 0.3) is 0 Å². The zero-order valence-corrected chi connectivity index (χ0v) is 68.9. The topological polar surface area (TPSA) is 237 Å². The molecule has 0 aromatic rings. The van der Waals surface area contributed by atoms with E-state index >= 15 is 0 Å². The normalized spacial score (nSPS) is 14.2. The van der Waals surface area contributed by atoms with Crippen LogP contribution in [-0.4, -0.2) is 96.7 Å². The fraction of sp³-hybridized carbons (Fsp3) is 0.952. The lowest BCUT2D eigenvalue weighted by Gasteiger charge is -2.21. The fourth-order valence-electron chi connectivity index (χ4n) is 12.8. The Kier molecular flexibility index (Phi) is 71.8. The highest BCUT2D eigenvalue weighted by atomic mass is 31.2. The van der Waals surface area contributed by atoms with Crippen molar-refractivity contribution in [1.82, 2.24) is 0 Å². The summed E-state index contributed by atoms with van der Waals surface area (Å²) < 4.78 is 68.8. The van der Waals surface area contributed by atoms with Gasteiger partial charge in [-0.15, -0.1) is 0 Å². The Bertz CT molecular complexity index is 1980. The predicted molar refractivity (Wildman–Crippen MR) is 418 cm³/mol. The number of aliphatic hydroxyl groups is 1. The van der Waals surface area contributed by atoms with Gasteiger partial charge >= 0.3 is 39.5 Å². The van der Waals surface area contributed by atoms with Gasteiger partial charge in [0.2, 0.25) is 0 Å². The maximum Gasteiger partial charge on any atom is 0.472 e. The Hall–Kier alpha value is -1.94. The predicted octanol–water partition coefficient (Wildman–Crippen LogP) is 24.9. The molecular weight excluding hydrogens is 1330 g/mol. The molecule has 0 aliphatic carbocycles. The van der Waals surface area contributed by atoms with Crippen molar-refractivity contribution < 1.29 is 80.2 Å². The van der Waals surface area contributed by atoms with E-state index in [-0.39, 0.29) is 25.7 Å². The Morgan fingerprint density at radius 1 is 0.284 bits per heavy atom. The quantitative estimate of drug-likeness (QED) is 0.0222. The average molecular weight is 1490 g/mol. The molecule has 0 bridgehead atoms. The Morgan fingerprint density at radius 3 is 0.745 bits per heavy atom. The molecule has 3 unspecified atom stereocenters. The molecule has 0 aliphatic rings. The number of phosphoric acid groups is 2. The fourth-order valence-corrected chi connectivity index (χ4v) is 14.4. The van der Waals surface area contributed by atoms with E-state index in [0.717, 1.165) is 108 Å². The number of rotatable bonds is 81. The van der Waals surface area contributed by atoms with Crippen LogP contribution in [0.3, 0.4) is 0 Å². The van der Waals surface area contributed by atoms with Crippen molar-refractivity contribution in [3.05, 3.63) is 0 Å². The van der Waals surface area contributed by atoms with Gasteiger partial charge in [0, 0.05) is 25.7 Å². The molecule has 6 atom stereocenters. The number of aliphatic hydroxyl groups excluding tert-OH is 1. The van der Waals surface area contributed by atoms with Crippen molar-refractivity contribution in [2.45, 2.75) is 452 Å². The zero-order chi connectivity index (χ0) is 75.1. The molecule has 0 aromatic heterocycles. The third-order valence-electron chi connectivity index (χ3n) is 19.7. The van der Waals surface area contributed by atoms with Crippen molar-refractivity contribution in [2.24, 2.45) is 17.8 Å². The number of hydrogen-bond acceptors (Lipinski definition) is 15. The van der Waals surface area contributed by atoms with E-state index in [4.69, 9.17) is 37.0 Å². The average Bonchev–Trinajstić information content (AvgIpc) is 0.911. The largest absolute Gasteiger partial charge is 0.472 e. The van der Waals surface area contributed by atoms with Crippen LogP contribution >= 0.6 is 15.6 Å². The minimum atomic E-state index is -4.96. The number of phosphoric ester groups is 2. The third kappa shape index (κ3) is 74.9. The molecule has 0 aliphatic heterocycles. The van der Waals surface area contributed by atoms with Gasteiger partial charge in [0.05, 0.1) is 26.4 Å². The van der Waals surface area contributed by atoms with Crippen LogP contribution in [0.2, 0.25) is 0 Å². The van der Waals surface area contributed by atoms with Gasteiger partial charge in [0.15, 0.2) is 12.2 Å². The van der Waals surface area contributed by atoms with E-state index in [1.54, 1.807) is 0 Å². The Labute approximate surface area is 626 Å². The molecule has 0 heterocycles. The van der Waals surface area contributed by atoms with Crippen LogP contribution in [0.15, 0.2) is 0 Å². The lowest BCUT2D eigenvalue weighted by atomic mass is 9.99. The highest BCUT2D eigenvalue weighted by molar-refractivity contribution is 7.47. The molecule has 102 heavy (non-hydrogen) atoms. The van der Waals surface area contributed by atoms with Crippen LogP contribution in [-0.2, 0) is 65.4 Å². The van der Waals surface area contributed by atoms with Crippen LogP contribution in [0, 0.1) is 17.8 Å². The Morgan fingerprint density at radius 2 is 0.500 bits per heavy atom. The van der Waals surface area contributed by atoms with E-state index in [2.05, 4.69) is 48.5 Å². The maximum absolute atomic E-state index is 13.1. The highest BCUT2D eigenvalue weighted by Gasteiger charge is 2.30. The number of carbonyl (C=O) groups excluding carboxylic acids is 4. The van der Waals surface area contributed by atoms with Gasteiger partial charge in [0.1, 0.15) is 19.3 Å². The molecule has 0 saturated carbocycles. The number of hydrogen-bond donors (Lipinski definition) is 3. The van der Waals surface area contributed by atoms with E-state index in [1.807, 2.05) is 0 Å². The lowest BCUT2D eigenvalue weighted by molar-refractivity contribution is -0.161. The summed E-state index contributed by atoms with van der Waals surface area (Å²) in [5, 5.41) is 10.7. The monoisotopic (exact) mass is 1490 g/mol. The van der Waals surface area contributed by atoms with Crippen molar-refractivity contribution >= 4 is 39.5 Å². The molecule has 0 spiro atoms. The van der Waals surface area contributed by atoms with Crippen LogP contribution in [0.1, 0.15) is 434 Å². The van der Waals surface area contributed by atoms with E-state index in [0.29, 0.717) is 31.6 Å². The molecule has 17 nitrogen and oxygen atoms in total. The first-order chi connectivity index (χ1) is 49.3. The van der Waals surface area contributed by atoms with Gasteiger partial charge in [-0.3, -0.25) is 37.3 Å². The minimum Gasteiger partial charge on any atom is -0.462 e. The molecule has 0 saturated heterocycles. The second-order valence-electron chi connectivity index (χ2n) is 31.1. The van der Waals surface area contributed by atoms with E-state index < -0.39 is 97.5 Å². The summed E-state index contributed by atoms with van der Waals surface area (Å²) in [6.45, 7) is 11.9. The lowest BCUT2D eigenvalue weighted by Crippen LogP contribution is -2.30. The summed E-state index contributed by atoms with van der Waals surface area (Å²) in [4.78, 5) is 73.1. The van der Waals surface area contributed by atoms with Gasteiger partial charge in [-0.1, -0.05) is 382 Å². The van der Waals surface area contributed by atoms with Gasteiger partial charge < -0.3 is 33.8 Å². The minimum absolute atomic E-state index is 0.106. The molecule has 0 aromatic carbocycles. The molecule has 19 heteroatoms. The summed E-state index contributed by atoms with van der Waals surface area (Å²) in [5.41, 5.74) is 0. The molecule has 0 rings (SSSR count). The van der Waals surface area contributed by atoms with Gasteiger partial charge in [0.25, 0.3) is 0 Å². The van der Waals surface area contributed by atoms with Crippen LogP contribution < -0.4 is 0 Å². The third-order valence-corrected chi connectivity index (χ3v) is 21.6. The first-order valence-corrected chi connectivity index (χ1v) is 45.9. The zero-order valence-electron chi connectivity index (χ0n) is 67.1. The molecule has 3 N–H and O–H groups in total. The van der Waals surface area contributed by atoms with Gasteiger partial charge in [-0.25, -0.2) is 9.13 Å². The highest BCUT2D eigenvalue weighted by Crippen LogP contribution is 2.45. The number of unbranched alkanes of at least 4 members (excludes halogenated alkanes) is 48. The number of ether oxygens (including phenoxy) is 4. The SMILES string of the molecule is CCCCCCCCCCCCCCCCCCCCCC(=O)O[C@H](COC(=O)CCCCCCCCCCCCCCCCC(C)CC)COP(=O)(O)OC[C@@H](O)COP(=O)(O)OC[C@@H](COC(=O)CCCCCCCCC(C)C)OC(=O)CCCCCCCCCCCCCCCC(C)C. The van der Waals surface area contributed by atoms with Crippen molar-refractivity contribution in [3.8, 4) is 0 Å². The first kappa shape index (κ1) is 100. The van der Waals surface area contributed by atoms with Crippen molar-refractivity contribution in [1.29, 1.82) is 0 Å².